The van der Waals surface area contributed by atoms with Crippen LogP contribution in [0, 0.1) is 0 Å². The van der Waals surface area contributed by atoms with Crippen molar-refractivity contribution in [2.75, 3.05) is 6.54 Å². The molecule has 2 aromatic rings. The number of benzene rings is 2. The molecule has 0 heterocycles. The molecular weight excluding hydrogens is 208 g/mol. The number of halogens is 1. The quantitative estimate of drug-likeness (QED) is 0.819. The molecular formula is C12H15ClN2. The van der Waals surface area contributed by atoms with Gasteiger partial charge < -0.3 is 11.5 Å². The highest BCUT2D eigenvalue weighted by atomic mass is 35.5. The predicted molar refractivity (Wildman–Crippen MR) is 67.2 cm³/mol. The van der Waals surface area contributed by atoms with Crippen molar-refractivity contribution < 1.29 is 0 Å². The van der Waals surface area contributed by atoms with E-state index in [0.29, 0.717) is 6.54 Å². The van der Waals surface area contributed by atoms with Crippen LogP contribution in [0.3, 0.4) is 0 Å². The van der Waals surface area contributed by atoms with Crippen LogP contribution >= 0.6 is 12.4 Å². The number of nitrogens with two attached hydrogens (primary N) is 2. The lowest BCUT2D eigenvalue weighted by molar-refractivity contribution is 0.743. The molecule has 0 bridgehead atoms. The fourth-order valence-corrected chi connectivity index (χ4v) is 1.70. The molecule has 0 radical (unpaired) electrons. The first-order valence-electron chi connectivity index (χ1n) is 4.76. The molecule has 0 unspecified atom stereocenters. The van der Waals surface area contributed by atoms with Crippen LogP contribution in [-0.2, 0) is 0 Å². The number of hydrogen-bond donors (Lipinski definition) is 2. The van der Waals surface area contributed by atoms with Crippen molar-refractivity contribution in [3.63, 3.8) is 0 Å². The van der Waals surface area contributed by atoms with Crippen LogP contribution < -0.4 is 11.5 Å². The lowest BCUT2D eigenvalue weighted by Gasteiger charge is -2.12. The Balaban J connectivity index is 0.00000112. The van der Waals surface area contributed by atoms with Crippen LogP contribution in [0.25, 0.3) is 10.8 Å². The summed E-state index contributed by atoms with van der Waals surface area (Å²) in [6.45, 7) is 0.480. The summed E-state index contributed by atoms with van der Waals surface area (Å²) >= 11 is 0. The number of hydrogen-bond acceptors (Lipinski definition) is 2. The molecule has 0 fully saturated rings. The van der Waals surface area contributed by atoms with Gasteiger partial charge in [0.15, 0.2) is 0 Å². The van der Waals surface area contributed by atoms with Crippen LogP contribution in [0.5, 0.6) is 0 Å². The van der Waals surface area contributed by atoms with Crippen LogP contribution in [0.1, 0.15) is 11.6 Å². The van der Waals surface area contributed by atoms with Gasteiger partial charge >= 0.3 is 0 Å². The SMILES string of the molecule is Cl.NC[C@H](N)c1cccc2ccccc12. The second kappa shape index (κ2) is 5.12. The van der Waals surface area contributed by atoms with Gasteiger partial charge in [0, 0.05) is 12.6 Å². The highest BCUT2D eigenvalue weighted by molar-refractivity contribution is 5.86. The monoisotopic (exact) mass is 222 g/mol. The molecule has 3 heteroatoms. The van der Waals surface area contributed by atoms with Gasteiger partial charge in [-0.15, -0.1) is 12.4 Å². The van der Waals surface area contributed by atoms with Crippen molar-refractivity contribution in [3.05, 3.63) is 48.0 Å². The Morgan fingerprint density at radius 3 is 2.40 bits per heavy atom. The summed E-state index contributed by atoms with van der Waals surface area (Å²) in [4.78, 5) is 0. The Morgan fingerprint density at radius 1 is 1.00 bits per heavy atom. The van der Waals surface area contributed by atoms with Gasteiger partial charge in [-0.25, -0.2) is 0 Å². The summed E-state index contributed by atoms with van der Waals surface area (Å²) in [5.41, 5.74) is 12.6. The topological polar surface area (TPSA) is 52.0 Å². The van der Waals surface area contributed by atoms with Gasteiger partial charge in [-0.05, 0) is 16.3 Å². The fraction of sp³-hybridized carbons (Fsp3) is 0.167. The highest BCUT2D eigenvalue weighted by Crippen LogP contribution is 2.22. The molecule has 0 aliphatic rings. The first-order valence-corrected chi connectivity index (χ1v) is 4.76. The Labute approximate surface area is 95.7 Å². The van der Waals surface area contributed by atoms with E-state index in [4.69, 9.17) is 11.5 Å². The molecule has 0 saturated heterocycles. The molecule has 1 atom stereocenters. The molecule has 0 spiro atoms. The van der Waals surface area contributed by atoms with Gasteiger partial charge in [0.1, 0.15) is 0 Å². The van der Waals surface area contributed by atoms with E-state index in [-0.39, 0.29) is 18.4 Å². The zero-order chi connectivity index (χ0) is 9.97. The maximum Gasteiger partial charge on any atom is 0.0425 e. The van der Waals surface area contributed by atoms with E-state index >= 15 is 0 Å². The van der Waals surface area contributed by atoms with Crippen LogP contribution in [-0.4, -0.2) is 6.54 Å². The Bertz CT molecular complexity index is 437. The van der Waals surface area contributed by atoms with E-state index in [9.17, 15) is 0 Å². The third-order valence-corrected chi connectivity index (χ3v) is 2.48. The Kier molecular flexibility index (Phi) is 4.09. The second-order valence-corrected chi connectivity index (χ2v) is 3.41. The third kappa shape index (κ3) is 2.29. The summed E-state index contributed by atoms with van der Waals surface area (Å²) in [6, 6.07) is 14.3. The van der Waals surface area contributed by atoms with Crippen molar-refractivity contribution in [2.45, 2.75) is 6.04 Å². The molecule has 0 aliphatic carbocycles. The van der Waals surface area contributed by atoms with Gasteiger partial charge in [0.2, 0.25) is 0 Å². The van der Waals surface area contributed by atoms with Crippen LogP contribution in [0.15, 0.2) is 42.5 Å². The lowest BCUT2D eigenvalue weighted by Crippen LogP contribution is -2.20. The molecule has 0 aromatic heterocycles. The molecule has 0 amide bonds. The summed E-state index contributed by atoms with van der Waals surface area (Å²) in [6.07, 6.45) is 0. The van der Waals surface area contributed by atoms with E-state index in [1.54, 1.807) is 0 Å². The zero-order valence-corrected chi connectivity index (χ0v) is 9.21. The van der Waals surface area contributed by atoms with Crippen molar-refractivity contribution in [1.29, 1.82) is 0 Å². The van der Waals surface area contributed by atoms with Crippen molar-refractivity contribution in [2.24, 2.45) is 11.5 Å². The average Bonchev–Trinajstić information content (AvgIpc) is 2.27. The summed E-state index contributed by atoms with van der Waals surface area (Å²) < 4.78 is 0. The van der Waals surface area contributed by atoms with E-state index in [2.05, 4.69) is 18.2 Å². The number of fused-ring (bicyclic) bond motifs is 1. The normalized spacial score (nSPS) is 12.1. The summed E-state index contributed by atoms with van der Waals surface area (Å²) in [7, 11) is 0. The molecule has 0 aliphatic heterocycles. The van der Waals surface area contributed by atoms with Gasteiger partial charge in [0.25, 0.3) is 0 Å². The van der Waals surface area contributed by atoms with Gasteiger partial charge in [-0.1, -0.05) is 42.5 Å². The van der Waals surface area contributed by atoms with Gasteiger partial charge in [0.05, 0.1) is 0 Å². The van der Waals surface area contributed by atoms with E-state index in [1.807, 2.05) is 24.3 Å². The van der Waals surface area contributed by atoms with Gasteiger partial charge in [-0.3, -0.25) is 0 Å². The lowest BCUT2D eigenvalue weighted by atomic mass is 9.99. The maximum atomic E-state index is 5.94. The number of rotatable bonds is 2. The predicted octanol–water partition coefficient (Wildman–Crippen LogP) is 2.22. The molecule has 2 rings (SSSR count). The molecule has 0 saturated carbocycles. The highest BCUT2D eigenvalue weighted by Gasteiger charge is 2.06. The Hall–Kier alpha value is -1.09. The van der Waals surface area contributed by atoms with E-state index in [1.165, 1.54) is 10.8 Å². The Morgan fingerprint density at radius 2 is 1.67 bits per heavy atom. The molecule has 2 nitrogen and oxygen atoms in total. The van der Waals surface area contributed by atoms with E-state index < -0.39 is 0 Å². The largest absolute Gasteiger partial charge is 0.329 e. The summed E-state index contributed by atoms with van der Waals surface area (Å²) in [5.74, 6) is 0. The van der Waals surface area contributed by atoms with E-state index in [0.717, 1.165) is 5.56 Å². The average molecular weight is 223 g/mol. The van der Waals surface area contributed by atoms with Gasteiger partial charge in [-0.2, -0.15) is 0 Å². The molecule has 2 aromatic carbocycles. The second-order valence-electron chi connectivity index (χ2n) is 3.41. The molecule has 15 heavy (non-hydrogen) atoms. The van der Waals surface area contributed by atoms with Crippen molar-refractivity contribution >= 4 is 23.2 Å². The molecule has 4 N–H and O–H groups in total. The minimum Gasteiger partial charge on any atom is -0.329 e. The first-order chi connectivity index (χ1) is 6.83. The minimum atomic E-state index is -0.0684. The van der Waals surface area contributed by atoms with Crippen LogP contribution in [0.4, 0.5) is 0 Å². The zero-order valence-electron chi connectivity index (χ0n) is 8.39. The van der Waals surface area contributed by atoms with Crippen molar-refractivity contribution in [1.82, 2.24) is 0 Å². The molecule has 80 valence electrons. The maximum absolute atomic E-state index is 5.94. The smallest absolute Gasteiger partial charge is 0.0425 e. The standard InChI is InChI=1S/C12H14N2.ClH/c13-8-12(14)11-7-3-5-9-4-1-2-6-10(9)11;/h1-7,12H,8,13-14H2;1H/t12-;/m0./s1. The third-order valence-electron chi connectivity index (χ3n) is 2.48. The minimum absolute atomic E-state index is 0. The van der Waals surface area contributed by atoms with Crippen molar-refractivity contribution in [3.8, 4) is 0 Å². The summed E-state index contributed by atoms with van der Waals surface area (Å²) in [5, 5.41) is 2.42. The fourth-order valence-electron chi connectivity index (χ4n) is 1.70. The first kappa shape index (κ1) is 12.0. The van der Waals surface area contributed by atoms with Crippen LogP contribution in [0.2, 0.25) is 0 Å².